The molecule has 8 heteroatoms. The normalized spacial score (nSPS) is 35.5. The highest BCUT2D eigenvalue weighted by atomic mass is 16.6. The first kappa shape index (κ1) is 27.9. The van der Waals surface area contributed by atoms with Crippen LogP contribution >= 0.6 is 0 Å². The van der Waals surface area contributed by atoms with Gasteiger partial charge >= 0.3 is 23.9 Å². The molecular formula is C28H40O8. The van der Waals surface area contributed by atoms with Crippen LogP contribution in [0.3, 0.4) is 0 Å². The van der Waals surface area contributed by atoms with E-state index < -0.39 is 53.2 Å². The van der Waals surface area contributed by atoms with Crippen LogP contribution in [-0.2, 0) is 38.1 Å². The molecule has 0 amide bonds. The predicted molar refractivity (Wildman–Crippen MR) is 131 cm³/mol. The molecule has 3 rings (SSSR count). The number of hydrogen-bond donors (Lipinski definition) is 0. The highest BCUT2D eigenvalue weighted by molar-refractivity contribution is 5.69. The summed E-state index contributed by atoms with van der Waals surface area (Å²) in [5.41, 5.74) is 1.33. The van der Waals surface area contributed by atoms with Crippen LogP contribution in [0.4, 0.5) is 0 Å². The second kappa shape index (κ2) is 10.0. The highest BCUT2D eigenvalue weighted by Crippen LogP contribution is 2.60. The van der Waals surface area contributed by atoms with E-state index in [0.29, 0.717) is 25.7 Å². The lowest BCUT2D eigenvalue weighted by Gasteiger charge is -2.58. The summed E-state index contributed by atoms with van der Waals surface area (Å²) in [5.74, 6) is -1.90. The number of rotatable bonds is 4. The van der Waals surface area contributed by atoms with Gasteiger partial charge in [0.05, 0.1) is 0 Å². The molecule has 0 aromatic carbocycles. The molecule has 36 heavy (non-hydrogen) atoms. The van der Waals surface area contributed by atoms with Crippen molar-refractivity contribution in [2.24, 2.45) is 22.7 Å². The summed E-state index contributed by atoms with van der Waals surface area (Å²) < 4.78 is 23.4. The summed E-state index contributed by atoms with van der Waals surface area (Å²) >= 11 is 0. The fourth-order valence-corrected chi connectivity index (χ4v) is 6.95. The standard InChI is InChI=1S/C28H40O8/c1-14-21-12-20-13-23(34-17(4)30)15(2)24(27(20,7)8)25(35-18(5)31)26(36-19(6)32)28(21,9)11-10-22(14)33-16(3)29/h20-23,25-26H,1,10-13H2,2-9H3/t20-,21-,22+,23+,25-,26+,28-/m1/s1. The number of ether oxygens (including phenoxy) is 4. The second-order valence-electron chi connectivity index (χ2n) is 11.4. The van der Waals surface area contributed by atoms with E-state index in [0.717, 1.165) is 16.7 Å². The third-order valence-corrected chi connectivity index (χ3v) is 8.66. The van der Waals surface area contributed by atoms with Crippen LogP contribution in [0.15, 0.2) is 23.3 Å². The summed E-state index contributed by atoms with van der Waals surface area (Å²) in [6.45, 7) is 17.9. The van der Waals surface area contributed by atoms with Crippen molar-refractivity contribution in [1.29, 1.82) is 0 Å². The first-order valence-corrected chi connectivity index (χ1v) is 12.7. The van der Waals surface area contributed by atoms with Gasteiger partial charge in [-0.3, -0.25) is 19.2 Å². The third kappa shape index (κ3) is 5.09. The number of esters is 4. The summed E-state index contributed by atoms with van der Waals surface area (Å²) in [4.78, 5) is 48.7. The van der Waals surface area contributed by atoms with E-state index in [4.69, 9.17) is 18.9 Å². The van der Waals surface area contributed by atoms with Crippen molar-refractivity contribution in [2.75, 3.05) is 0 Å². The van der Waals surface area contributed by atoms with Crippen LogP contribution in [-0.4, -0.2) is 48.3 Å². The Morgan fingerprint density at radius 2 is 1.33 bits per heavy atom. The van der Waals surface area contributed by atoms with Gasteiger partial charge in [-0.15, -0.1) is 0 Å². The van der Waals surface area contributed by atoms with Crippen LogP contribution < -0.4 is 0 Å². The first-order valence-electron chi connectivity index (χ1n) is 12.7. The van der Waals surface area contributed by atoms with Crippen molar-refractivity contribution in [2.45, 2.75) is 105 Å². The Kier molecular flexibility index (Phi) is 7.78. The van der Waals surface area contributed by atoms with Crippen LogP contribution in [0, 0.1) is 22.7 Å². The van der Waals surface area contributed by atoms with E-state index >= 15 is 0 Å². The van der Waals surface area contributed by atoms with Gasteiger partial charge in [0.1, 0.15) is 18.3 Å². The number of fused-ring (bicyclic) bond motifs is 3. The van der Waals surface area contributed by atoms with Gasteiger partial charge in [0, 0.05) is 33.1 Å². The lowest BCUT2D eigenvalue weighted by molar-refractivity contribution is -0.187. The Hall–Kier alpha value is -2.64. The van der Waals surface area contributed by atoms with Gasteiger partial charge in [-0.05, 0) is 66.6 Å². The molecular weight excluding hydrogens is 464 g/mol. The lowest BCUT2D eigenvalue weighted by atomic mass is 9.50. The maximum atomic E-state index is 12.4. The smallest absolute Gasteiger partial charge is 0.303 e. The number of carbonyl (C=O) groups is 4. The van der Waals surface area contributed by atoms with Gasteiger partial charge in [-0.25, -0.2) is 0 Å². The molecule has 7 atom stereocenters. The molecule has 0 unspecified atom stereocenters. The molecule has 0 aliphatic heterocycles. The Morgan fingerprint density at radius 1 is 0.806 bits per heavy atom. The summed E-state index contributed by atoms with van der Waals surface area (Å²) in [6.07, 6.45) is -0.234. The maximum Gasteiger partial charge on any atom is 0.303 e. The largest absolute Gasteiger partial charge is 0.458 e. The minimum atomic E-state index is -0.867. The quantitative estimate of drug-likeness (QED) is 0.314. The Bertz CT molecular complexity index is 992. The van der Waals surface area contributed by atoms with Gasteiger partial charge in [-0.2, -0.15) is 0 Å². The molecule has 2 fully saturated rings. The molecule has 8 nitrogen and oxygen atoms in total. The Morgan fingerprint density at radius 3 is 1.86 bits per heavy atom. The van der Waals surface area contributed by atoms with Gasteiger partial charge in [-0.1, -0.05) is 27.4 Å². The molecule has 0 aromatic heterocycles. The fraction of sp³-hybridized carbons (Fsp3) is 0.714. The van der Waals surface area contributed by atoms with Crippen molar-refractivity contribution >= 4 is 23.9 Å². The molecule has 0 radical (unpaired) electrons. The van der Waals surface area contributed by atoms with Crippen molar-refractivity contribution < 1.29 is 38.1 Å². The van der Waals surface area contributed by atoms with Crippen molar-refractivity contribution in [3.63, 3.8) is 0 Å². The first-order chi connectivity index (χ1) is 16.6. The molecule has 2 bridgehead atoms. The Balaban J connectivity index is 2.27. The van der Waals surface area contributed by atoms with E-state index in [2.05, 4.69) is 20.4 Å². The zero-order chi connectivity index (χ0) is 27.2. The third-order valence-electron chi connectivity index (χ3n) is 8.66. The topological polar surface area (TPSA) is 105 Å². The second-order valence-corrected chi connectivity index (χ2v) is 11.4. The van der Waals surface area contributed by atoms with Crippen molar-refractivity contribution in [3.05, 3.63) is 23.3 Å². The van der Waals surface area contributed by atoms with Crippen molar-refractivity contribution in [3.8, 4) is 0 Å². The van der Waals surface area contributed by atoms with Crippen LogP contribution in [0.1, 0.15) is 81.1 Å². The average Bonchev–Trinajstić information content (AvgIpc) is 2.72. The predicted octanol–water partition coefficient (Wildman–Crippen LogP) is 4.45. The van der Waals surface area contributed by atoms with E-state index in [1.807, 2.05) is 13.8 Å². The summed E-state index contributed by atoms with van der Waals surface area (Å²) in [7, 11) is 0. The molecule has 3 aliphatic carbocycles. The van der Waals surface area contributed by atoms with E-state index in [9.17, 15) is 19.2 Å². The lowest BCUT2D eigenvalue weighted by Crippen LogP contribution is -2.59. The zero-order valence-electron chi connectivity index (χ0n) is 22.8. The van der Waals surface area contributed by atoms with E-state index in [1.165, 1.54) is 27.7 Å². The summed E-state index contributed by atoms with van der Waals surface area (Å²) in [6, 6.07) is 0. The minimum absolute atomic E-state index is 0.0361. The van der Waals surface area contributed by atoms with Gasteiger partial charge < -0.3 is 18.9 Å². The monoisotopic (exact) mass is 504 g/mol. The molecule has 0 saturated heterocycles. The van der Waals surface area contributed by atoms with Crippen molar-refractivity contribution in [1.82, 2.24) is 0 Å². The fourth-order valence-electron chi connectivity index (χ4n) is 6.95. The maximum absolute atomic E-state index is 12.4. The van der Waals surface area contributed by atoms with Crippen LogP contribution in [0.2, 0.25) is 0 Å². The number of hydrogen-bond acceptors (Lipinski definition) is 8. The van der Waals surface area contributed by atoms with Gasteiger partial charge in [0.25, 0.3) is 0 Å². The van der Waals surface area contributed by atoms with E-state index in [-0.39, 0.29) is 17.8 Å². The Labute approximate surface area is 213 Å². The molecule has 0 heterocycles. The molecule has 0 N–H and O–H groups in total. The average molecular weight is 505 g/mol. The summed E-state index contributed by atoms with van der Waals surface area (Å²) in [5, 5.41) is 0. The van der Waals surface area contributed by atoms with Gasteiger partial charge in [0.2, 0.25) is 0 Å². The van der Waals surface area contributed by atoms with Crippen LogP contribution in [0.25, 0.3) is 0 Å². The molecule has 200 valence electrons. The number of carbonyl (C=O) groups excluding carboxylic acids is 4. The zero-order valence-corrected chi connectivity index (χ0v) is 22.8. The molecule has 0 spiro atoms. The minimum Gasteiger partial charge on any atom is -0.458 e. The van der Waals surface area contributed by atoms with Gasteiger partial charge in [0.15, 0.2) is 6.10 Å². The SMILES string of the molecule is C=C1[C@@H](OC(C)=O)CC[C@]2(C)[C@@H]1C[C@@H]1C[C@H](OC(C)=O)C(C)=C([C@@H](OC(C)=O)[C@@H]2OC(C)=O)C1(C)C. The molecule has 0 aromatic rings. The molecule has 2 saturated carbocycles. The van der Waals surface area contributed by atoms with Crippen LogP contribution in [0.5, 0.6) is 0 Å². The molecule has 3 aliphatic rings. The highest BCUT2D eigenvalue weighted by Gasteiger charge is 2.60. The van der Waals surface area contributed by atoms with E-state index in [1.54, 1.807) is 0 Å².